The Bertz CT molecular complexity index is 1210. The molecule has 37 heavy (non-hydrogen) atoms. The van der Waals surface area contributed by atoms with Gasteiger partial charge in [-0.15, -0.1) is 0 Å². The van der Waals surface area contributed by atoms with Crippen molar-refractivity contribution in [2.75, 3.05) is 39.3 Å². The Morgan fingerprint density at radius 3 is 2.54 bits per heavy atom. The molecule has 6 nitrogen and oxygen atoms in total. The maximum absolute atomic E-state index is 12.8. The fraction of sp³-hybridized carbons (Fsp3) is 0.571. The largest absolute Gasteiger partial charge is 0.416 e. The van der Waals surface area contributed by atoms with E-state index in [1.807, 2.05) is 10.6 Å². The second-order valence-corrected chi connectivity index (χ2v) is 11.4. The number of alkyl halides is 3. The molecule has 1 amide bonds. The molecule has 5 aliphatic rings. The minimum Gasteiger partial charge on any atom is -0.350 e. The van der Waals surface area contributed by atoms with Crippen molar-refractivity contribution in [3.63, 3.8) is 0 Å². The Labute approximate surface area is 214 Å². The molecule has 4 saturated heterocycles. The highest BCUT2D eigenvalue weighted by atomic mass is 19.4. The summed E-state index contributed by atoms with van der Waals surface area (Å²) in [6.07, 6.45) is -1.03. The number of rotatable bonds is 5. The highest BCUT2D eigenvalue weighted by Gasteiger charge is 2.42. The molecule has 4 bridgehead atoms. The summed E-state index contributed by atoms with van der Waals surface area (Å²) in [5.41, 5.74) is 0.809. The van der Waals surface area contributed by atoms with Crippen LogP contribution in [-0.2, 0) is 12.7 Å². The van der Waals surface area contributed by atoms with E-state index >= 15 is 0 Å². The average molecular weight is 515 g/mol. The maximum atomic E-state index is 12.8. The molecule has 0 aliphatic carbocycles. The summed E-state index contributed by atoms with van der Waals surface area (Å²) in [5, 5.41) is 2.95. The minimum absolute atomic E-state index is 0.120. The number of nitrogens with zero attached hydrogens (tertiary/aromatic N) is 3. The number of carbonyl (C=O) groups excluding carboxylic acids is 1. The Morgan fingerprint density at radius 1 is 1.00 bits per heavy atom. The van der Waals surface area contributed by atoms with Crippen LogP contribution in [0.1, 0.15) is 46.8 Å². The molecule has 7 rings (SSSR count). The Kier molecular flexibility index (Phi) is 6.39. The van der Waals surface area contributed by atoms with Gasteiger partial charge in [-0.1, -0.05) is 6.07 Å². The molecule has 6 heterocycles. The van der Waals surface area contributed by atoms with Crippen molar-refractivity contribution in [1.29, 1.82) is 0 Å². The van der Waals surface area contributed by atoms with E-state index in [0.717, 1.165) is 57.8 Å². The first kappa shape index (κ1) is 24.7. The first-order chi connectivity index (χ1) is 17.7. The number of benzene rings is 1. The molecule has 1 N–H and O–H groups in total. The number of carbonyl (C=O) groups is 1. The first-order valence-corrected chi connectivity index (χ1v) is 13.4. The van der Waals surface area contributed by atoms with Gasteiger partial charge in [0, 0.05) is 68.6 Å². The van der Waals surface area contributed by atoms with Crippen LogP contribution in [0.4, 0.5) is 13.2 Å². The van der Waals surface area contributed by atoms with Crippen LogP contribution in [0.5, 0.6) is 0 Å². The fourth-order valence-electron chi connectivity index (χ4n) is 7.27. The maximum Gasteiger partial charge on any atom is 0.416 e. The van der Waals surface area contributed by atoms with Crippen LogP contribution in [0, 0.1) is 17.8 Å². The summed E-state index contributed by atoms with van der Waals surface area (Å²) in [7, 11) is 0. The van der Waals surface area contributed by atoms with E-state index in [1.165, 1.54) is 30.7 Å². The number of hydrogen-bond acceptors (Lipinski definition) is 4. The molecule has 0 saturated carbocycles. The summed E-state index contributed by atoms with van der Waals surface area (Å²) in [6.45, 7) is 6.53. The number of halogens is 3. The van der Waals surface area contributed by atoms with Gasteiger partial charge in [0.1, 0.15) is 0 Å². The summed E-state index contributed by atoms with van der Waals surface area (Å²) in [5.74, 6) is 1.85. The quantitative estimate of drug-likeness (QED) is 0.665. The smallest absolute Gasteiger partial charge is 0.350 e. The number of piperidine rings is 4. The van der Waals surface area contributed by atoms with Gasteiger partial charge in [0.15, 0.2) is 0 Å². The van der Waals surface area contributed by atoms with Gasteiger partial charge in [0.25, 0.3) is 11.5 Å². The van der Waals surface area contributed by atoms with E-state index < -0.39 is 11.7 Å². The van der Waals surface area contributed by atoms with E-state index in [-0.39, 0.29) is 23.1 Å². The van der Waals surface area contributed by atoms with Gasteiger partial charge in [0.05, 0.1) is 5.56 Å². The molecular weight excluding hydrogens is 481 g/mol. The molecule has 6 atom stereocenters. The van der Waals surface area contributed by atoms with Gasteiger partial charge in [-0.25, -0.2) is 0 Å². The van der Waals surface area contributed by atoms with Crippen molar-refractivity contribution in [2.24, 2.45) is 17.8 Å². The highest BCUT2D eigenvalue weighted by molar-refractivity contribution is 5.94. The number of pyridine rings is 1. The highest BCUT2D eigenvalue weighted by Crippen LogP contribution is 2.39. The Hall–Kier alpha value is -2.65. The number of likely N-dealkylation sites (tertiary alicyclic amines) is 1. The van der Waals surface area contributed by atoms with Crippen LogP contribution < -0.4 is 10.9 Å². The molecule has 0 spiro atoms. The zero-order valence-electron chi connectivity index (χ0n) is 20.8. The molecule has 4 fully saturated rings. The lowest BCUT2D eigenvalue weighted by Crippen LogP contribution is -2.59. The molecular formula is C28H33F3N4O2. The van der Waals surface area contributed by atoms with Gasteiger partial charge in [-0.05, 0) is 73.9 Å². The van der Waals surface area contributed by atoms with E-state index in [4.69, 9.17) is 0 Å². The third-order valence-corrected chi connectivity index (χ3v) is 9.03. The van der Waals surface area contributed by atoms with E-state index in [0.29, 0.717) is 30.2 Å². The Morgan fingerprint density at radius 2 is 1.81 bits per heavy atom. The van der Waals surface area contributed by atoms with E-state index in [9.17, 15) is 22.8 Å². The van der Waals surface area contributed by atoms with Gasteiger partial charge >= 0.3 is 6.18 Å². The van der Waals surface area contributed by atoms with Gasteiger partial charge in [-0.2, -0.15) is 13.2 Å². The fourth-order valence-corrected chi connectivity index (χ4v) is 7.27. The van der Waals surface area contributed by atoms with Crippen LogP contribution in [0.25, 0.3) is 0 Å². The monoisotopic (exact) mass is 514 g/mol. The third kappa shape index (κ3) is 4.95. The van der Waals surface area contributed by atoms with E-state index in [1.54, 1.807) is 6.07 Å². The van der Waals surface area contributed by atoms with Gasteiger partial charge < -0.3 is 14.8 Å². The number of hydrogen-bond donors (Lipinski definition) is 1. The molecule has 0 radical (unpaired) electrons. The van der Waals surface area contributed by atoms with Crippen molar-refractivity contribution in [1.82, 2.24) is 19.7 Å². The summed E-state index contributed by atoms with van der Waals surface area (Å²) < 4.78 is 40.3. The molecule has 9 heteroatoms. The summed E-state index contributed by atoms with van der Waals surface area (Å²) in [4.78, 5) is 30.0. The van der Waals surface area contributed by atoms with Crippen LogP contribution in [-0.4, -0.2) is 65.6 Å². The van der Waals surface area contributed by atoms with Crippen molar-refractivity contribution >= 4 is 5.91 Å². The van der Waals surface area contributed by atoms with Crippen molar-refractivity contribution < 1.29 is 18.0 Å². The molecule has 1 aromatic heterocycles. The molecule has 6 unspecified atom stereocenters. The van der Waals surface area contributed by atoms with Crippen molar-refractivity contribution in [2.45, 2.75) is 43.9 Å². The lowest BCUT2D eigenvalue weighted by Gasteiger charge is -2.52. The van der Waals surface area contributed by atoms with Gasteiger partial charge in [-0.3, -0.25) is 14.5 Å². The standard InChI is InChI=1S/C28H33F3N4O2/c29-28(30,31)23-6-4-19(5-7-23)27(37)32-12-24-11-20-8-9-34(24)17-22(20)16-33-13-18-10-21(15-33)25-2-1-3-26(36)35(25)14-18/h1-7,18,20-22,24H,8-17H2,(H,32,37). The SMILES string of the molecule is O=C(NCC1CC2CCN1CC2CN1CC2CC(C1)c1cccc(=O)n1C2)c1ccc(C(F)(F)F)cc1. The lowest BCUT2D eigenvalue weighted by atomic mass is 9.74. The van der Waals surface area contributed by atoms with Crippen molar-refractivity contribution in [3.8, 4) is 0 Å². The van der Waals surface area contributed by atoms with E-state index in [2.05, 4.69) is 21.2 Å². The number of fused-ring (bicyclic) bond motifs is 7. The number of nitrogens with one attached hydrogen (secondary N) is 1. The first-order valence-electron chi connectivity index (χ1n) is 13.4. The zero-order chi connectivity index (χ0) is 25.7. The predicted octanol–water partition coefficient (Wildman–Crippen LogP) is 3.43. The van der Waals surface area contributed by atoms with Crippen LogP contribution in [0.3, 0.4) is 0 Å². The zero-order valence-corrected chi connectivity index (χ0v) is 20.8. The molecule has 5 aliphatic heterocycles. The third-order valence-electron chi connectivity index (χ3n) is 9.03. The second-order valence-electron chi connectivity index (χ2n) is 11.4. The molecule has 2 aromatic rings. The molecule has 1 aromatic carbocycles. The van der Waals surface area contributed by atoms with Crippen molar-refractivity contribution in [3.05, 3.63) is 69.6 Å². The predicted molar refractivity (Wildman–Crippen MR) is 133 cm³/mol. The Balaban J connectivity index is 1.03. The number of aromatic nitrogens is 1. The average Bonchev–Trinajstić information content (AvgIpc) is 2.88. The summed E-state index contributed by atoms with van der Waals surface area (Å²) in [6, 6.07) is 10.3. The van der Waals surface area contributed by atoms with Crippen LogP contribution in [0.2, 0.25) is 0 Å². The molecule has 198 valence electrons. The number of amides is 1. The van der Waals surface area contributed by atoms with Gasteiger partial charge in [0.2, 0.25) is 0 Å². The van der Waals surface area contributed by atoms with Crippen LogP contribution in [0.15, 0.2) is 47.3 Å². The minimum atomic E-state index is -4.41. The second kappa shape index (κ2) is 9.58. The van der Waals surface area contributed by atoms with Crippen LogP contribution >= 0.6 is 0 Å². The topological polar surface area (TPSA) is 57.6 Å². The normalized spacial score (nSPS) is 31.1. The lowest BCUT2D eigenvalue weighted by molar-refractivity contribution is -0.137. The summed E-state index contributed by atoms with van der Waals surface area (Å²) >= 11 is 0.